The van der Waals surface area contributed by atoms with Gasteiger partial charge in [0.1, 0.15) is 0 Å². The molecule has 2 heterocycles. The van der Waals surface area contributed by atoms with E-state index < -0.39 is 10.0 Å². The molecule has 0 radical (unpaired) electrons. The lowest BCUT2D eigenvalue weighted by Crippen LogP contribution is -2.52. The number of halogens is 1. The monoisotopic (exact) mass is 473 g/mol. The average molecular weight is 474 g/mol. The Morgan fingerprint density at radius 1 is 0.875 bits per heavy atom. The lowest BCUT2D eigenvalue weighted by atomic mass is 9.96. The molecule has 4 rings (SSSR count). The summed E-state index contributed by atoms with van der Waals surface area (Å²) in [6.07, 6.45) is 2.73. The van der Waals surface area contributed by atoms with Crippen LogP contribution in [-0.2, 0) is 14.8 Å². The normalized spacial score (nSPS) is 18.9. The summed E-state index contributed by atoms with van der Waals surface area (Å²) in [5.74, 6) is 0.0205. The molecule has 0 aliphatic carbocycles. The van der Waals surface area contributed by atoms with Gasteiger partial charge in [-0.3, -0.25) is 4.79 Å². The first kappa shape index (κ1) is 22.8. The second-order valence-corrected chi connectivity index (χ2v) is 10.4. The molecule has 0 N–H and O–H groups in total. The average Bonchev–Trinajstić information content (AvgIpc) is 2.84. The molecule has 2 saturated heterocycles. The fourth-order valence-corrected chi connectivity index (χ4v) is 5.78. The van der Waals surface area contributed by atoms with E-state index in [4.69, 9.17) is 11.6 Å². The molecule has 6 nitrogen and oxygen atoms in total. The van der Waals surface area contributed by atoms with Crippen LogP contribution >= 0.6 is 11.6 Å². The maximum Gasteiger partial charge on any atom is 0.236 e. The van der Waals surface area contributed by atoms with Crippen molar-refractivity contribution in [3.63, 3.8) is 0 Å². The maximum atomic E-state index is 13.0. The summed E-state index contributed by atoms with van der Waals surface area (Å²) in [5, 5.41) is 1.99. The van der Waals surface area contributed by atoms with Crippen LogP contribution in [0.1, 0.15) is 18.4 Å². The number of hydrogen-bond acceptors (Lipinski definition) is 4. The molecule has 1 amide bonds. The van der Waals surface area contributed by atoms with Crippen LogP contribution in [0.2, 0.25) is 5.02 Å². The Morgan fingerprint density at radius 2 is 1.50 bits per heavy atom. The van der Waals surface area contributed by atoms with E-state index in [1.807, 2.05) is 59.5 Å². The molecule has 0 aromatic heterocycles. The molecule has 32 heavy (non-hydrogen) atoms. The van der Waals surface area contributed by atoms with Gasteiger partial charge in [0.2, 0.25) is 15.9 Å². The third kappa shape index (κ3) is 5.34. The van der Waals surface area contributed by atoms with Crippen molar-refractivity contribution in [1.29, 1.82) is 0 Å². The van der Waals surface area contributed by atoms with Crippen LogP contribution in [-0.4, -0.2) is 62.8 Å². The Labute approximate surface area is 195 Å². The predicted octanol–water partition coefficient (Wildman–Crippen LogP) is 3.70. The minimum absolute atomic E-state index is 0.119. The van der Waals surface area contributed by atoms with E-state index in [0.29, 0.717) is 39.0 Å². The minimum atomic E-state index is -3.49. The standard InChI is InChI=1S/C24H28ClN3O3S/c25-22-8-4-5-9-23(22)26-15-17-27(18-16-26)24(29)21-10-13-28(14-11-21)32(30,31)19-12-20-6-2-1-3-7-20/h1-9,12,19,21H,10-11,13-18H2/b19-12+. The highest BCUT2D eigenvalue weighted by Crippen LogP contribution is 2.27. The number of sulfonamides is 1. The van der Waals surface area contributed by atoms with Gasteiger partial charge in [-0.25, -0.2) is 8.42 Å². The van der Waals surface area contributed by atoms with E-state index in [-0.39, 0.29) is 11.8 Å². The Morgan fingerprint density at radius 3 is 2.16 bits per heavy atom. The zero-order chi connectivity index (χ0) is 22.6. The second kappa shape index (κ2) is 10.1. The molecule has 0 unspecified atom stereocenters. The molecule has 2 fully saturated rings. The molecular formula is C24H28ClN3O3S. The van der Waals surface area contributed by atoms with Gasteiger partial charge >= 0.3 is 0 Å². The van der Waals surface area contributed by atoms with Crippen molar-refractivity contribution in [2.24, 2.45) is 5.92 Å². The SMILES string of the molecule is O=C(C1CCN(S(=O)(=O)/C=C/c2ccccc2)CC1)N1CCN(c2ccccc2Cl)CC1. The number of hydrogen-bond donors (Lipinski definition) is 0. The molecule has 2 aromatic rings. The number of nitrogens with zero attached hydrogens (tertiary/aromatic N) is 3. The van der Waals surface area contributed by atoms with Gasteiger partial charge in [0.25, 0.3) is 0 Å². The molecule has 0 atom stereocenters. The number of piperidine rings is 1. The number of carbonyl (C=O) groups excluding carboxylic acids is 1. The highest BCUT2D eigenvalue weighted by Gasteiger charge is 2.33. The fraction of sp³-hybridized carbons (Fsp3) is 0.375. The van der Waals surface area contributed by atoms with E-state index in [0.717, 1.165) is 29.4 Å². The second-order valence-electron chi connectivity index (χ2n) is 8.20. The Balaban J connectivity index is 1.28. The van der Waals surface area contributed by atoms with Crippen molar-refractivity contribution in [1.82, 2.24) is 9.21 Å². The van der Waals surface area contributed by atoms with E-state index in [2.05, 4.69) is 4.90 Å². The summed E-state index contributed by atoms with van der Waals surface area (Å²) in [7, 11) is -3.49. The van der Waals surface area contributed by atoms with E-state index in [1.165, 1.54) is 9.71 Å². The summed E-state index contributed by atoms with van der Waals surface area (Å²) in [6, 6.07) is 17.1. The third-order valence-corrected chi connectivity index (χ3v) is 8.06. The Bertz CT molecular complexity index is 1060. The van der Waals surface area contributed by atoms with Crippen LogP contribution in [0.15, 0.2) is 60.0 Å². The first-order chi connectivity index (χ1) is 15.4. The van der Waals surface area contributed by atoms with Gasteiger partial charge < -0.3 is 9.80 Å². The summed E-state index contributed by atoms with van der Waals surface area (Å²) >= 11 is 6.31. The molecule has 2 aromatic carbocycles. The largest absolute Gasteiger partial charge is 0.367 e. The molecule has 2 aliphatic heterocycles. The zero-order valence-corrected chi connectivity index (χ0v) is 19.5. The molecule has 2 aliphatic rings. The summed E-state index contributed by atoms with van der Waals surface area (Å²) in [5.41, 5.74) is 1.85. The number of rotatable bonds is 5. The van der Waals surface area contributed by atoms with Crippen molar-refractivity contribution in [3.8, 4) is 0 Å². The van der Waals surface area contributed by atoms with E-state index in [9.17, 15) is 13.2 Å². The van der Waals surface area contributed by atoms with Crippen LogP contribution in [0.5, 0.6) is 0 Å². The number of anilines is 1. The van der Waals surface area contributed by atoms with Crippen LogP contribution in [0, 0.1) is 5.92 Å². The minimum Gasteiger partial charge on any atom is -0.367 e. The van der Waals surface area contributed by atoms with Crippen LogP contribution < -0.4 is 4.90 Å². The molecule has 0 spiro atoms. The Hall–Kier alpha value is -2.35. The van der Waals surface area contributed by atoms with Crippen molar-refractivity contribution in [2.75, 3.05) is 44.2 Å². The van der Waals surface area contributed by atoms with Gasteiger partial charge in [0.15, 0.2) is 0 Å². The smallest absolute Gasteiger partial charge is 0.236 e. The van der Waals surface area contributed by atoms with Crippen LogP contribution in [0.25, 0.3) is 6.08 Å². The number of carbonyl (C=O) groups is 1. The number of piperazine rings is 1. The van der Waals surface area contributed by atoms with Gasteiger partial charge in [-0.1, -0.05) is 54.1 Å². The molecular weight excluding hydrogens is 446 g/mol. The van der Waals surface area contributed by atoms with Crippen LogP contribution in [0.4, 0.5) is 5.69 Å². The van der Waals surface area contributed by atoms with Crippen molar-refractivity contribution in [3.05, 3.63) is 70.6 Å². The first-order valence-corrected chi connectivity index (χ1v) is 12.8. The van der Waals surface area contributed by atoms with Gasteiger partial charge in [-0.2, -0.15) is 4.31 Å². The lowest BCUT2D eigenvalue weighted by molar-refractivity contribution is -0.137. The summed E-state index contributed by atoms with van der Waals surface area (Å²) in [4.78, 5) is 17.2. The number of amides is 1. The number of benzene rings is 2. The summed E-state index contributed by atoms with van der Waals surface area (Å²) in [6.45, 7) is 3.54. The van der Waals surface area contributed by atoms with Crippen molar-refractivity contribution in [2.45, 2.75) is 12.8 Å². The predicted molar refractivity (Wildman–Crippen MR) is 129 cm³/mol. The van der Waals surface area contributed by atoms with E-state index in [1.54, 1.807) is 6.08 Å². The highest BCUT2D eigenvalue weighted by molar-refractivity contribution is 7.92. The van der Waals surface area contributed by atoms with Gasteiger partial charge in [-0.15, -0.1) is 0 Å². The Kier molecular flexibility index (Phi) is 7.18. The van der Waals surface area contributed by atoms with E-state index >= 15 is 0 Å². The molecule has 0 saturated carbocycles. The molecule has 0 bridgehead atoms. The summed E-state index contributed by atoms with van der Waals surface area (Å²) < 4.78 is 26.8. The fourth-order valence-electron chi connectivity index (χ4n) is 4.31. The van der Waals surface area contributed by atoms with Gasteiger partial charge in [0, 0.05) is 50.6 Å². The third-order valence-electron chi connectivity index (χ3n) is 6.18. The first-order valence-electron chi connectivity index (χ1n) is 11.0. The van der Waals surface area contributed by atoms with Gasteiger partial charge in [-0.05, 0) is 36.6 Å². The number of para-hydroxylation sites is 1. The van der Waals surface area contributed by atoms with Crippen molar-refractivity contribution < 1.29 is 13.2 Å². The lowest BCUT2D eigenvalue weighted by Gasteiger charge is -2.39. The quantitative estimate of drug-likeness (QED) is 0.664. The van der Waals surface area contributed by atoms with Crippen molar-refractivity contribution >= 4 is 39.3 Å². The van der Waals surface area contributed by atoms with Gasteiger partial charge in [0.05, 0.1) is 10.7 Å². The van der Waals surface area contributed by atoms with Crippen LogP contribution in [0.3, 0.4) is 0 Å². The maximum absolute atomic E-state index is 13.0. The topological polar surface area (TPSA) is 60.9 Å². The molecule has 170 valence electrons. The molecule has 8 heteroatoms. The highest BCUT2D eigenvalue weighted by atomic mass is 35.5. The zero-order valence-electron chi connectivity index (χ0n) is 17.9.